The number of nitrogens with zero attached hydrogens (tertiary/aromatic N) is 5. The van der Waals surface area contributed by atoms with Crippen molar-refractivity contribution in [2.45, 2.75) is 13.3 Å². The maximum Gasteiger partial charge on any atom is 0.277 e. The summed E-state index contributed by atoms with van der Waals surface area (Å²) < 4.78 is 0. The van der Waals surface area contributed by atoms with Gasteiger partial charge in [-0.2, -0.15) is 0 Å². The molecule has 1 fully saturated rings. The first-order chi connectivity index (χ1) is 14.5. The number of rotatable bonds is 5. The molecule has 9 heteroatoms. The lowest BCUT2D eigenvalue weighted by atomic mass is 10.0. The molecular formula is C21H21Cl2N5O2. The van der Waals surface area contributed by atoms with E-state index in [-0.39, 0.29) is 11.8 Å². The van der Waals surface area contributed by atoms with Gasteiger partial charge < -0.3 is 9.80 Å². The summed E-state index contributed by atoms with van der Waals surface area (Å²) in [4.78, 5) is 40.3. The third-order valence-electron chi connectivity index (χ3n) is 5.22. The number of anilines is 1. The lowest BCUT2D eigenvalue weighted by molar-refractivity contribution is -0.137. The molecule has 2 aliphatic rings. The molecule has 2 amide bonds. The summed E-state index contributed by atoms with van der Waals surface area (Å²) >= 11 is 12.4. The van der Waals surface area contributed by atoms with Gasteiger partial charge in [-0.3, -0.25) is 14.5 Å². The minimum atomic E-state index is -0.310. The zero-order valence-electron chi connectivity index (χ0n) is 16.5. The van der Waals surface area contributed by atoms with E-state index in [1.807, 2.05) is 11.8 Å². The molecule has 1 saturated heterocycles. The van der Waals surface area contributed by atoms with Gasteiger partial charge in [-0.25, -0.2) is 9.97 Å². The Kier molecular flexibility index (Phi) is 5.92. The predicted molar refractivity (Wildman–Crippen MR) is 116 cm³/mol. The smallest absolute Gasteiger partial charge is 0.277 e. The second-order valence-corrected chi connectivity index (χ2v) is 7.98. The molecular weight excluding hydrogens is 425 g/mol. The molecule has 0 unspecified atom stereocenters. The van der Waals surface area contributed by atoms with Gasteiger partial charge in [0.25, 0.3) is 11.8 Å². The van der Waals surface area contributed by atoms with E-state index in [4.69, 9.17) is 23.2 Å². The Morgan fingerprint density at radius 3 is 2.27 bits per heavy atom. The first-order valence-corrected chi connectivity index (χ1v) is 10.6. The second kappa shape index (κ2) is 8.62. The summed E-state index contributed by atoms with van der Waals surface area (Å²) in [5.41, 5.74) is 1.28. The monoisotopic (exact) mass is 445 g/mol. The van der Waals surface area contributed by atoms with Gasteiger partial charge in [-0.05, 0) is 24.6 Å². The average Bonchev–Trinajstić information content (AvgIpc) is 2.99. The highest BCUT2D eigenvalue weighted by Crippen LogP contribution is 2.36. The Hall–Kier alpha value is -2.64. The van der Waals surface area contributed by atoms with Gasteiger partial charge >= 0.3 is 0 Å². The van der Waals surface area contributed by atoms with Crippen molar-refractivity contribution in [3.63, 3.8) is 0 Å². The summed E-state index contributed by atoms with van der Waals surface area (Å²) in [7, 11) is 0. The maximum absolute atomic E-state index is 13.2. The van der Waals surface area contributed by atoms with E-state index >= 15 is 0 Å². The van der Waals surface area contributed by atoms with Crippen LogP contribution in [0.5, 0.6) is 0 Å². The molecule has 1 aromatic carbocycles. The zero-order valence-corrected chi connectivity index (χ0v) is 18.0. The number of hydrogen-bond donors (Lipinski definition) is 0. The lowest BCUT2D eigenvalue weighted by Crippen LogP contribution is -2.48. The predicted octanol–water partition coefficient (Wildman–Crippen LogP) is 3.10. The number of piperazine rings is 1. The molecule has 30 heavy (non-hydrogen) atoms. The first-order valence-electron chi connectivity index (χ1n) is 9.84. The van der Waals surface area contributed by atoms with E-state index in [2.05, 4.69) is 14.9 Å². The quantitative estimate of drug-likeness (QED) is 0.658. The molecule has 0 radical (unpaired) electrons. The van der Waals surface area contributed by atoms with Gasteiger partial charge in [-0.1, -0.05) is 36.2 Å². The molecule has 1 aromatic heterocycles. The second-order valence-electron chi connectivity index (χ2n) is 7.13. The van der Waals surface area contributed by atoms with Gasteiger partial charge in [0.2, 0.25) is 5.95 Å². The number of carbonyl (C=O) groups is 2. The Morgan fingerprint density at radius 2 is 1.63 bits per heavy atom. The van der Waals surface area contributed by atoms with Gasteiger partial charge in [-0.15, -0.1) is 0 Å². The van der Waals surface area contributed by atoms with Gasteiger partial charge in [0.05, 0.1) is 10.6 Å². The molecule has 156 valence electrons. The average molecular weight is 446 g/mol. The topological polar surface area (TPSA) is 69.6 Å². The SMILES string of the molecule is CCCN1C(=O)C(c2ccc(Cl)cc2Cl)=C(N2CCN(c3ncccn3)CC2)C1=O. The fourth-order valence-corrected chi connectivity index (χ4v) is 4.31. The summed E-state index contributed by atoms with van der Waals surface area (Å²) in [6.45, 7) is 4.73. The van der Waals surface area contributed by atoms with E-state index in [1.54, 1.807) is 36.7 Å². The van der Waals surface area contributed by atoms with Crippen LogP contribution in [0.25, 0.3) is 5.57 Å². The molecule has 0 N–H and O–H groups in total. The molecule has 0 atom stereocenters. The van der Waals surface area contributed by atoms with Crippen molar-refractivity contribution in [2.75, 3.05) is 37.6 Å². The van der Waals surface area contributed by atoms with E-state index in [1.165, 1.54) is 4.90 Å². The summed E-state index contributed by atoms with van der Waals surface area (Å²) in [5, 5.41) is 0.829. The number of aromatic nitrogens is 2. The Bertz CT molecular complexity index is 1000. The van der Waals surface area contributed by atoms with Crippen molar-refractivity contribution in [3.8, 4) is 0 Å². The van der Waals surface area contributed by atoms with Crippen molar-refractivity contribution in [1.29, 1.82) is 0 Å². The van der Waals surface area contributed by atoms with Crippen LogP contribution in [0.3, 0.4) is 0 Å². The highest BCUT2D eigenvalue weighted by atomic mass is 35.5. The molecule has 2 aliphatic heterocycles. The summed E-state index contributed by atoms with van der Waals surface area (Å²) in [5.74, 6) is 0.0794. The number of hydrogen-bond acceptors (Lipinski definition) is 6. The molecule has 2 aromatic rings. The number of carbonyl (C=O) groups excluding carboxylic acids is 2. The molecule has 0 bridgehead atoms. The summed E-state index contributed by atoms with van der Waals surface area (Å²) in [6, 6.07) is 6.75. The molecule has 0 spiro atoms. The fourth-order valence-electron chi connectivity index (χ4n) is 3.80. The van der Waals surface area contributed by atoms with Crippen LogP contribution in [0.1, 0.15) is 18.9 Å². The van der Waals surface area contributed by atoms with Crippen LogP contribution in [0.15, 0.2) is 42.4 Å². The lowest BCUT2D eigenvalue weighted by Gasteiger charge is -2.36. The normalized spacial score (nSPS) is 17.4. The number of amides is 2. The molecule has 4 rings (SSSR count). The number of imide groups is 1. The van der Waals surface area contributed by atoms with Gasteiger partial charge in [0, 0.05) is 55.7 Å². The highest BCUT2D eigenvalue weighted by Gasteiger charge is 2.42. The van der Waals surface area contributed by atoms with Crippen molar-refractivity contribution in [2.24, 2.45) is 0 Å². The van der Waals surface area contributed by atoms with Crippen LogP contribution in [0, 0.1) is 0 Å². The largest absolute Gasteiger partial charge is 0.363 e. The van der Waals surface area contributed by atoms with Crippen molar-refractivity contribution in [3.05, 3.63) is 58.0 Å². The van der Waals surface area contributed by atoms with E-state index in [9.17, 15) is 9.59 Å². The number of halogens is 2. The van der Waals surface area contributed by atoms with Crippen LogP contribution in [-0.2, 0) is 9.59 Å². The minimum absolute atomic E-state index is 0.271. The van der Waals surface area contributed by atoms with E-state index in [0.29, 0.717) is 72.0 Å². The van der Waals surface area contributed by atoms with Crippen molar-refractivity contribution >= 4 is 46.5 Å². The Morgan fingerprint density at radius 1 is 0.967 bits per heavy atom. The maximum atomic E-state index is 13.2. The van der Waals surface area contributed by atoms with E-state index < -0.39 is 0 Å². The van der Waals surface area contributed by atoms with Crippen LogP contribution >= 0.6 is 23.2 Å². The van der Waals surface area contributed by atoms with Gasteiger partial charge in [0.15, 0.2) is 0 Å². The Labute approximate surface area is 184 Å². The number of benzene rings is 1. The third kappa shape index (κ3) is 3.75. The highest BCUT2D eigenvalue weighted by molar-refractivity contribution is 6.41. The van der Waals surface area contributed by atoms with E-state index in [0.717, 1.165) is 0 Å². The summed E-state index contributed by atoms with van der Waals surface area (Å²) in [6.07, 6.45) is 4.10. The first kappa shape index (κ1) is 20.6. The van der Waals surface area contributed by atoms with Crippen molar-refractivity contribution < 1.29 is 9.59 Å². The molecule has 0 aliphatic carbocycles. The minimum Gasteiger partial charge on any atom is -0.363 e. The van der Waals surface area contributed by atoms with Crippen LogP contribution in [0.2, 0.25) is 10.0 Å². The molecule has 3 heterocycles. The Balaban J connectivity index is 1.68. The third-order valence-corrected chi connectivity index (χ3v) is 5.77. The van der Waals surface area contributed by atoms with Crippen LogP contribution < -0.4 is 4.90 Å². The molecule has 0 saturated carbocycles. The van der Waals surface area contributed by atoms with Gasteiger partial charge in [0.1, 0.15) is 5.70 Å². The van der Waals surface area contributed by atoms with Crippen LogP contribution in [-0.4, -0.2) is 64.3 Å². The standard InChI is InChI=1S/C21H21Cl2N5O2/c1-2-8-28-19(29)17(15-5-4-14(22)13-16(15)23)18(20(28)30)26-9-11-27(12-10-26)21-24-6-3-7-25-21/h3-7,13H,2,8-12H2,1H3. The van der Waals surface area contributed by atoms with Crippen molar-refractivity contribution in [1.82, 2.24) is 19.8 Å². The zero-order chi connectivity index (χ0) is 21.3. The fraction of sp³-hybridized carbons (Fsp3) is 0.333. The van der Waals surface area contributed by atoms with Crippen LogP contribution in [0.4, 0.5) is 5.95 Å². The molecule has 7 nitrogen and oxygen atoms in total.